The maximum Gasteiger partial charge on any atom is -0.0141 e. The average Bonchev–Trinajstić information content (AvgIpc) is 2.52. The number of rotatable bonds is 1. The molecule has 0 saturated heterocycles. The molecular formula is C10H16. The van der Waals surface area contributed by atoms with E-state index in [-0.39, 0.29) is 0 Å². The van der Waals surface area contributed by atoms with Crippen molar-refractivity contribution >= 4 is 0 Å². The third-order valence-corrected chi connectivity index (χ3v) is 3.67. The third-order valence-electron chi connectivity index (χ3n) is 3.67. The Labute approximate surface area is 63.3 Å². The predicted molar refractivity (Wildman–Crippen MR) is 43.8 cm³/mol. The van der Waals surface area contributed by atoms with Gasteiger partial charge in [0.05, 0.1) is 0 Å². The highest BCUT2D eigenvalue weighted by Crippen LogP contribution is 2.69. The molecule has 0 nitrogen and oxygen atoms in total. The van der Waals surface area contributed by atoms with Gasteiger partial charge in [0.15, 0.2) is 0 Å². The molecule has 2 aliphatic rings. The molecule has 0 heteroatoms. The minimum Gasteiger partial charge on any atom is -0.0996 e. The Morgan fingerprint density at radius 3 is 2.50 bits per heavy atom. The molecule has 0 amide bonds. The van der Waals surface area contributed by atoms with Crippen molar-refractivity contribution in [1.82, 2.24) is 0 Å². The van der Waals surface area contributed by atoms with Gasteiger partial charge in [-0.1, -0.05) is 26.0 Å². The first-order valence-electron chi connectivity index (χ1n) is 4.34. The van der Waals surface area contributed by atoms with Gasteiger partial charge in [0.1, 0.15) is 0 Å². The summed E-state index contributed by atoms with van der Waals surface area (Å²) >= 11 is 0. The van der Waals surface area contributed by atoms with Crippen molar-refractivity contribution in [1.29, 1.82) is 0 Å². The Morgan fingerprint density at radius 1 is 1.60 bits per heavy atom. The van der Waals surface area contributed by atoms with E-state index in [0.29, 0.717) is 0 Å². The van der Waals surface area contributed by atoms with Crippen molar-refractivity contribution in [3.63, 3.8) is 0 Å². The van der Waals surface area contributed by atoms with Gasteiger partial charge in [-0.3, -0.25) is 0 Å². The summed E-state index contributed by atoms with van der Waals surface area (Å²) in [5.74, 6) is 1.81. The van der Waals surface area contributed by atoms with Gasteiger partial charge >= 0.3 is 0 Å². The predicted octanol–water partition coefficient (Wildman–Crippen LogP) is 3.00. The molecule has 10 heavy (non-hydrogen) atoms. The van der Waals surface area contributed by atoms with E-state index in [1.54, 1.807) is 0 Å². The molecule has 2 fully saturated rings. The van der Waals surface area contributed by atoms with Gasteiger partial charge in [-0.25, -0.2) is 0 Å². The molecule has 0 unspecified atom stereocenters. The van der Waals surface area contributed by atoms with Crippen molar-refractivity contribution in [3.05, 3.63) is 12.2 Å². The quantitative estimate of drug-likeness (QED) is 0.486. The molecule has 2 saturated carbocycles. The zero-order valence-corrected chi connectivity index (χ0v) is 6.98. The van der Waals surface area contributed by atoms with Crippen LogP contribution in [0.25, 0.3) is 0 Å². The highest BCUT2D eigenvalue weighted by atomic mass is 14.6. The molecule has 2 rings (SSSR count). The fraction of sp³-hybridized carbons (Fsp3) is 0.800. The van der Waals surface area contributed by atoms with E-state index in [1.165, 1.54) is 24.8 Å². The maximum absolute atomic E-state index is 4.10. The monoisotopic (exact) mass is 136 g/mol. The molecule has 0 N–H and O–H groups in total. The zero-order valence-electron chi connectivity index (χ0n) is 6.98. The Kier molecular flexibility index (Phi) is 1.07. The maximum atomic E-state index is 4.10. The standard InChI is InChI=1S/C10H16/c1-7(2)10-5-4-8(3)9(10)6-10/h7,9H,3-6H2,1-2H3/t9-,10-/m1/s1. The first kappa shape index (κ1) is 6.45. The lowest BCUT2D eigenvalue weighted by molar-refractivity contribution is 0.344. The van der Waals surface area contributed by atoms with Crippen molar-refractivity contribution < 1.29 is 0 Å². The van der Waals surface area contributed by atoms with Crippen LogP contribution in [0.15, 0.2) is 12.2 Å². The summed E-state index contributed by atoms with van der Waals surface area (Å²) < 4.78 is 0. The van der Waals surface area contributed by atoms with Crippen LogP contribution in [0.5, 0.6) is 0 Å². The summed E-state index contributed by atoms with van der Waals surface area (Å²) in [4.78, 5) is 0. The minimum absolute atomic E-state index is 0.733. The second-order valence-corrected chi connectivity index (χ2v) is 4.30. The highest BCUT2D eigenvalue weighted by molar-refractivity contribution is 5.26. The van der Waals surface area contributed by atoms with Gasteiger partial charge < -0.3 is 0 Å². The molecule has 0 bridgehead atoms. The van der Waals surface area contributed by atoms with Crippen LogP contribution >= 0.6 is 0 Å². The van der Waals surface area contributed by atoms with Crippen LogP contribution in [0.1, 0.15) is 33.1 Å². The van der Waals surface area contributed by atoms with E-state index in [4.69, 9.17) is 0 Å². The Balaban J connectivity index is 2.18. The van der Waals surface area contributed by atoms with E-state index in [2.05, 4.69) is 20.4 Å². The van der Waals surface area contributed by atoms with E-state index < -0.39 is 0 Å². The Bertz CT molecular complexity index is 178. The van der Waals surface area contributed by atoms with E-state index in [0.717, 1.165) is 17.3 Å². The van der Waals surface area contributed by atoms with Gasteiger partial charge in [0, 0.05) is 0 Å². The molecule has 0 aromatic heterocycles. The van der Waals surface area contributed by atoms with Gasteiger partial charge in [-0.15, -0.1) is 0 Å². The summed E-state index contributed by atoms with van der Waals surface area (Å²) in [6, 6.07) is 0. The first-order chi connectivity index (χ1) is 4.67. The molecule has 0 heterocycles. The smallest absolute Gasteiger partial charge is 0.0141 e. The van der Waals surface area contributed by atoms with Crippen LogP contribution in [-0.2, 0) is 0 Å². The summed E-state index contributed by atoms with van der Waals surface area (Å²) in [5.41, 5.74) is 2.27. The number of allylic oxidation sites excluding steroid dienone is 1. The number of hydrogen-bond acceptors (Lipinski definition) is 0. The SMILES string of the molecule is C=C1CC[C@]2(C(C)C)C[C@H]12. The van der Waals surface area contributed by atoms with Gasteiger partial charge in [-0.05, 0) is 36.5 Å². The molecule has 56 valence electrons. The average molecular weight is 136 g/mol. The largest absolute Gasteiger partial charge is 0.0996 e. The molecular weight excluding hydrogens is 120 g/mol. The van der Waals surface area contributed by atoms with Crippen LogP contribution < -0.4 is 0 Å². The lowest BCUT2D eigenvalue weighted by Crippen LogP contribution is -2.07. The molecule has 0 aromatic rings. The van der Waals surface area contributed by atoms with Crippen molar-refractivity contribution in [2.24, 2.45) is 17.3 Å². The number of fused-ring (bicyclic) bond motifs is 1. The third kappa shape index (κ3) is 0.574. The molecule has 2 aliphatic carbocycles. The molecule has 0 aliphatic heterocycles. The summed E-state index contributed by atoms with van der Waals surface area (Å²) in [6.07, 6.45) is 4.18. The summed E-state index contributed by atoms with van der Waals surface area (Å²) in [5, 5.41) is 0. The normalized spacial score (nSPS) is 44.3. The van der Waals surface area contributed by atoms with Crippen LogP contribution in [0.2, 0.25) is 0 Å². The van der Waals surface area contributed by atoms with Crippen molar-refractivity contribution in [2.75, 3.05) is 0 Å². The highest BCUT2D eigenvalue weighted by Gasteiger charge is 2.59. The number of hydrogen-bond donors (Lipinski definition) is 0. The van der Waals surface area contributed by atoms with E-state index in [1.807, 2.05) is 0 Å². The topological polar surface area (TPSA) is 0 Å². The van der Waals surface area contributed by atoms with Gasteiger partial charge in [0.25, 0.3) is 0 Å². The van der Waals surface area contributed by atoms with E-state index in [9.17, 15) is 0 Å². The molecule has 2 atom stereocenters. The molecule has 0 spiro atoms. The van der Waals surface area contributed by atoms with Crippen molar-refractivity contribution in [3.8, 4) is 0 Å². The fourth-order valence-corrected chi connectivity index (χ4v) is 2.64. The lowest BCUT2D eigenvalue weighted by atomic mass is 9.90. The molecule has 0 radical (unpaired) electrons. The van der Waals surface area contributed by atoms with Crippen LogP contribution in [0, 0.1) is 17.3 Å². The second-order valence-electron chi connectivity index (χ2n) is 4.30. The lowest BCUT2D eigenvalue weighted by Gasteiger charge is -2.15. The Morgan fingerprint density at radius 2 is 2.30 bits per heavy atom. The Hall–Kier alpha value is -0.260. The van der Waals surface area contributed by atoms with Crippen LogP contribution in [0.4, 0.5) is 0 Å². The first-order valence-corrected chi connectivity index (χ1v) is 4.34. The van der Waals surface area contributed by atoms with Gasteiger partial charge in [0.2, 0.25) is 0 Å². The second kappa shape index (κ2) is 1.66. The minimum atomic E-state index is 0.733. The zero-order chi connectivity index (χ0) is 7.35. The van der Waals surface area contributed by atoms with Gasteiger partial charge in [-0.2, -0.15) is 0 Å². The van der Waals surface area contributed by atoms with E-state index >= 15 is 0 Å². The summed E-state index contributed by atoms with van der Waals surface area (Å²) in [6.45, 7) is 8.82. The van der Waals surface area contributed by atoms with Crippen LogP contribution in [0.3, 0.4) is 0 Å². The summed E-state index contributed by atoms with van der Waals surface area (Å²) in [7, 11) is 0. The van der Waals surface area contributed by atoms with Crippen LogP contribution in [-0.4, -0.2) is 0 Å². The fourth-order valence-electron chi connectivity index (χ4n) is 2.64. The molecule has 0 aromatic carbocycles. The van der Waals surface area contributed by atoms with Crippen molar-refractivity contribution in [2.45, 2.75) is 33.1 Å².